The van der Waals surface area contributed by atoms with Crippen molar-refractivity contribution in [2.24, 2.45) is 0 Å². The highest BCUT2D eigenvalue weighted by molar-refractivity contribution is 5.90. The number of nitrogens with one attached hydrogen (secondary N) is 1. The highest BCUT2D eigenvalue weighted by Gasteiger charge is 2.10. The SMILES string of the molecule is Cc1cccc(CCC(=O)Nc2ccc(CCN3CCOCC3)cc2)c1. The molecule has 0 spiro atoms. The summed E-state index contributed by atoms with van der Waals surface area (Å²) in [4.78, 5) is 14.6. The summed E-state index contributed by atoms with van der Waals surface area (Å²) in [6, 6.07) is 16.5. The first-order chi connectivity index (χ1) is 12.7. The number of benzene rings is 2. The van der Waals surface area contributed by atoms with Crippen molar-refractivity contribution in [1.82, 2.24) is 4.90 Å². The van der Waals surface area contributed by atoms with E-state index in [2.05, 4.69) is 47.5 Å². The number of nitrogens with zero attached hydrogens (tertiary/aromatic N) is 1. The Morgan fingerprint density at radius 1 is 1.04 bits per heavy atom. The first-order valence-corrected chi connectivity index (χ1v) is 9.43. The second-order valence-electron chi connectivity index (χ2n) is 6.94. The summed E-state index contributed by atoms with van der Waals surface area (Å²) in [5, 5.41) is 2.99. The third kappa shape index (κ3) is 5.97. The number of ether oxygens (including phenoxy) is 1. The lowest BCUT2D eigenvalue weighted by atomic mass is 10.1. The number of carbonyl (C=O) groups is 1. The Morgan fingerprint density at radius 3 is 2.54 bits per heavy atom. The fraction of sp³-hybridized carbons (Fsp3) is 0.409. The van der Waals surface area contributed by atoms with E-state index in [-0.39, 0.29) is 5.91 Å². The van der Waals surface area contributed by atoms with Crippen LogP contribution in [-0.4, -0.2) is 43.7 Å². The number of rotatable bonds is 7. The normalized spacial score (nSPS) is 15.0. The van der Waals surface area contributed by atoms with Gasteiger partial charge in [-0.2, -0.15) is 0 Å². The van der Waals surface area contributed by atoms with E-state index in [1.807, 2.05) is 18.2 Å². The van der Waals surface area contributed by atoms with Gasteiger partial charge in [0.25, 0.3) is 0 Å². The Balaban J connectivity index is 1.42. The lowest BCUT2D eigenvalue weighted by Crippen LogP contribution is -2.37. The number of hydrogen-bond donors (Lipinski definition) is 1. The van der Waals surface area contributed by atoms with Crippen LogP contribution in [0.25, 0.3) is 0 Å². The van der Waals surface area contributed by atoms with Gasteiger partial charge in [0.15, 0.2) is 0 Å². The number of hydrogen-bond acceptors (Lipinski definition) is 3. The molecule has 138 valence electrons. The number of anilines is 1. The van der Waals surface area contributed by atoms with Crippen LogP contribution < -0.4 is 5.32 Å². The quantitative estimate of drug-likeness (QED) is 0.830. The zero-order valence-corrected chi connectivity index (χ0v) is 15.5. The molecule has 0 aliphatic carbocycles. The number of carbonyl (C=O) groups excluding carboxylic acids is 1. The van der Waals surface area contributed by atoms with Gasteiger partial charge in [0.2, 0.25) is 5.91 Å². The minimum absolute atomic E-state index is 0.0626. The molecule has 2 aromatic rings. The van der Waals surface area contributed by atoms with Crippen molar-refractivity contribution in [2.75, 3.05) is 38.2 Å². The molecule has 4 nitrogen and oxygen atoms in total. The summed E-state index contributed by atoms with van der Waals surface area (Å²) >= 11 is 0. The molecule has 26 heavy (non-hydrogen) atoms. The first-order valence-electron chi connectivity index (χ1n) is 9.43. The van der Waals surface area contributed by atoms with Crippen LogP contribution in [0.5, 0.6) is 0 Å². The van der Waals surface area contributed by atoms with Gasteiger partial charge in [-0.15, -0.1) is 0 Å². The molecule has 1 amide bonds. The smallest absolute Gasteiger partial charge is 0.224 e. The summed E-state index contributed by atoms with van der Waals surface area (Å²) in [6.45, 7) is 6.86. The maximum atomic E-state index is 12.2. The summed E-state index contributed by atoms with van der Waals surface area (Å²) in [7, 11) is 0. The van der Waals surface area contributed by atoms with Crippen molar-refractivity contribution in [3.63, 3.8) is 0 Å². The van der Waals surface area contributed by atoms with Gasteiger partial charge in [0, 0.05) is 31.7 Å². The predicted molar refractivity (Wildman–Crippen MR) is 106 cm³/mol. The summed E-state index contributed by atoms with van der Waals surface area (Å²) in [6.07, 6.45) is 2.30. The largest absolute Gasteiger partial charge is 0.379 e. The minimum atomic E-state index is 0.0626. The fourth-order valence-corrected chi connectivity index (χ4v) is 3.22. The van der Waals surface area contributed by atoms with Crippen LogP contribution in [0.4, 0.5) is 5.69 Å². The first kappa shape index (κ1) is 18.6. The van der Waals surface area contributed by atoms with Gasteiger partial charge in [-0.3, -0.25) is 9.69 Å². The van der Waals surface area contributed by atoms with Crippen molar-refractivity contribution in [3.05, 3.63) is 65.2 Å². The van der Waals surface area contributed by atoms with E-state index < -0.39 is 0 Å². The number of amides is 1. The number of morpholine rings is 1. The van der Waals surface area contributed by atoms with Crippen molar-refractivity contribution >= 4 is 11.6 Å². The van der Waals surface area contributed by atoms with Crippen molar-refractivity contribution in [1.29, 1.82) is 0 Å². The Hall–Kier alpha value is -2.17. The molecule has 0 saturated carbocycles. The molecule has 1 saturated heterocycles. The molecule has 1 fully saturated rings. The van der Waals surface area contributed by atoms with Gasteiger partial charge in [0.1, 0.15) is 0 Å². The Morgan fingerprint density at radius 2 is 1.81 bits per heavy atom. The van der Waals surface area contributed by atoms with Crippen LogP contribution in [0.15, 0.2) is 48.5 Å². The van der Waals surface area contributed by atoms with E-state index in [0.29, 0.717) is 6.42 Å². The van der Waals surface area contributed by atoms with Crippen LogP contribution in [-0.2, 0) is 22.4 Å². The molecule has 4 heteroatoms. The zero-order valence-electron chi connectivity index (χ0n) is 15.5. The average Bonchev–Trinajstić information content (AvgIpc) is 2.67. The Labute approximate surface area is 156 Å². The van der Waals surface area contributed by atoms with Gasteiger partial charge in [-0.1, -0.05) is 42.0 Å². The highest BCUT2D eigenvalue weighted by Crippen LogP contribution is 2.12. The molecule has 0 radical (unpaired) electrons. The Bertz CT molecular complexity index is 706. The Kier molecular flexibility index (Phi) is 6.81. The number of aryl methyl sites for hydroxylation is 2. The van der Waals surface area contributed by atoms with Gasteiger partial charge in [-0.25, -0.2) is 0 Å². The van der Waals surface area contributed by atoms with E-state index in [0.717, 1.165) is 51.4 Å². The molecular formula is C22H28N2O2. The predicted octanol–water partition coefficient (Wildman–Crippen LogP) is 3.44. The lowest BCUT2D eigenvalue weighted by molar-refractivity contribution is -0.116. The van der Waals surface area contributed by atoms with E-state index in [1.54, 1.807) is 0 Å². The molecule has 0 bridgehead atoms. The van der Waals surface area contributed by atoms with E-state index in [4.69, 9.17) is 4.74 Å². The lowest BCUT2D eigenvalue weighted by Gasteiger charge is -2.26. The average molecular weight is 352 g/mol. The van der Waals surface area contributed by atoms with Gasteiger partial charge >= 0.3 is 0 Å². The molecule has 1 N–H and O–H groups in total. The molecule has 0 atom stereocenters. The van der Waals surface area contributed by atoms with Crippen molar-refractivity contribution in [2.45, 2.75) is 26.2 Å². The molecule has 0 unspecified atom stereocenters. The van der Waals surface area contributed by atoms with Crippen LogP contribution in [0, 0.1) is 6.92 Å². The molecule has 1 aliphatic rings. The molecular weight excluding hydrogens is 324 g/mol. The van der Waals surface area contributed by atoms with Gasteiger partial charge in [-0.05, 0) is 43.0 Å². The maximum absolute atomic E-state index is 12.2. The molecule has 1 aliphatic heterocycles. The third-order valence-electron chi connectivity index (χ3n) is 4.78. The second-order valence-corrected chi connectivity index (χ2v) is 6.94. The van der Waals surface area contributed by atoms with E-state index in [9.17, 15) is 4.79 Å². The van der Waals surface area contributed by atoms with Crippen LogP contribution in [0.2, 0.25) is 0 Å². The standard InChI is InChI=1S/C22H28N2O2/c1-18-3-2-4-20(17-18)7-10-22(25)23-21-8-5-19(6-9-21)11-12-24-13-15-26-16-14-24/h2-6,8-9,17H,7,10-16H2,1H3,(H,23,25). The molecule has 1 heterocycles. The third-order valence-corrected chi connectivity index (χ3v) is 4.78. The van der Waals surface area contributed by atoms with Crippen LogP contribution >= 0.6 is 0 Å². The van der Waals surface area contributed by atoms with Gasteiger partial charge in [0.05, 0.1) is 13.2 Å². The fourth-order valence-electron chi connectivity index (χ4n) is 3.22. The second kappa shape index (κ2) is 9.51. The minimum Gasteiger partial charge on any atom is -0.379 e. The summed E-state index contributed by atoms with van der Waals surface area (Å²) in [5.41, 5.74) is 4.61. The van der Waals surface area contributed by atoms with Crippen LogP contribution in [0.3, 0.4) is 0 Å². The van der Waals surface area contributed by atoms with Gasteiger partial charge < -0.3 is 10.1 Å². The van der Waals surface area contributed by atoms with E-state index in [1.165, 1.54) is 16.7 Å². The van der Waals surface area contributed by atoms with Crippen molar-refractivity contribution < 1.29 is 9.53 Å². The molecule has 0 aromatic heterocycles. The molecule has 2 aromatic carbocycles. The van der Waals surface area contributed by atoms with Crippen LogP contribution in [0.1, 0.15) is 23.1 Å². The topological polar surface area (TPSA) is 41.6 Å². The van der Waals surface area contributed by atoms with Crippen molar-refractivity contribution in [3.8, 4) is 0 Å². The molecule has 3 rings (SSSR count). The van der Waals surface area contributed by atoms with E-state index >= 15 is 0 Å². The summed E-state index contributed by atoms with van der Waals surface area (Å²) < 4.78 is 5.38. The maximum Gasteiger partial charge on any atom is 0.224 e. The highest BCUT2D eigenvalue weighted by atomic mass is 16.5. The summed E-state index contributed by atoms with van der Waals surface area (Å²) in [5.74, 6) is 0.0626. The monoisotopic (exact) mass is 352 g/mol. The zero-order chi connectivity index (χ0) is 18.2.